The van der Waals surface area contributed by atoms with Crippen LogP contribution >= 0.6 is 0 Å². The van der Waals surface area contributed by atoms with Gasteiger partial charge in [-0.15, -0.1) is 0 Å². The zero-order valence-corrected chi connectivity index (χ0v) is 38.6. The number of nitrogens with zero attached hydrogens (tertiary/aromatic N) is 3. The average molecular weight is 858 g/mol. The summed E-state index contributed by atoms with van der Waals surface area (Å²) in [4.78, 5) is 0. The molecule has 15 rings (SSSR count). The fourth-order valence-corrected chi connectivity index (χ4v) is 12.3. The second kappa shape index (κ2) is 12.5. The van der Waals surface area contributed by atoms with E-state index in [0.717, 1.165) is 0 Å². The number of hydrogen-bond acceptors (Lipinski definition) is 0. The Bertz CT molecular complexity index is 4620. The van der Waals surface area contributed by atoms with Crippen LogP contribution in [0.15, 0.2) is 176 Å². The highest BCUT2D eigenvalue weighted by Crippen LogP contribution is 2.50. The SMILES string of the molecule is CC(C)(C)c1cc(-c2ccc3c(c2)c2ccccc2n3-c2ccccc2)c2c(c1)c1c3ccccc3cc3c4cc5c(cc4n2c31)c1cc(C(C)(C)C)cc2c3ccc4ccccc4c3n5c12. The van der Waals surface area contributed by atoms with Crippen molar-refractivity contribution >= 4 is 120 Å². The molecule has 0 atom stereocenters. The van der Waals surface area contributed by atoms with E-state index in [-0.39, 0.29) is 10.8 Å². The van der Waals surface area contributed by atoms with Crippen molar-refractivity contribution in [2.24, 2.45) is 0 Å². The van der Waals surface area contributed by atoms with Crippen LogP contribution in [0.2, 0.25) is 0 Å². The lowest BCUT2D eigenvalue weighted by molar-refractivity contribution is 0.591. The van der Waals surface area contributed by atoms with Crippen molar-refractivity contribution in [1.82, 2.24) is 13.4 Å². The molecule has 5 aromatic heterocycles. The van der Waals surface area contributed by atoms with Gasteiger partial charge in [-0.2, -0.15) is 0 Å². The molecular weight excluding hydrogens is 811 g/mol. The van der Waals surface area contributed by atoms with Crippen molar-refractivity contribution in [2.45, 2.75) is 52.4 Å². The molecule has 318 valence electrons. The van der Waals surface area contributed by atoms with Gasteiger partial charge < -0.3 is 13.4 Å². The van der Waals surface area contributed by atoms with Crippen molar-refractivity contribution in [3.8, 4) is 16.8 Å². The Morgan fingerprint density at radius 3 is 1.61 bits per heavy atom. The summed E-state index contributed by atoms with van der Waals surface area (Å²) in [5.74, 6) is 0. The molecule has 0 aliphatic heterocycles. The summed E-state index contributed by atoms with van der Waals surface area (Å²) in [6.45, 7) is 14.1. The average Bonchev–Trinajstić information content (AvgIpc) is 4.12. The van der Waals surface area contributed by atoms with Gasteiger partial charge in [-0.1, -0.05) is 145 Å². The normalized spacial score (nSPS) is 13.2. The Morgan fingerprint density at radius 1 is 0.313 bits per heavy atom. The molecule has 15 aromatic rings. The smallest absolute Gasteiger partial charge is 0.0627 e. The first-order chi connectivity index (χ1) is 32.5. The fraction of sp³-hybridized carbons (Fsp3) is 0.125. The van der Waals surface area contributed by atoms with Gasteiger partial charge >= 0.3 is 0 Å². The lowest BCUT2D eigenvalue weighted by Crippen LogP contribution is -2.11. The van der Waals surface area contributed by atoms with Crippen LogP contribution in [0.25, 0.3) is 136 Å². The molecule has 0 saturated heterocycles. The topological polar surface area (TPSA) is 13.8 Å². The molecule has 0 unspecified atom stereocenters. The second-order valence-electron chi connectivity index (χ2n) is 21.4. The van der Waals surface area contributed by atoms with Gasteiger partial charge in [0.1, 0.15) is 0 Å². The van der Waals surface area contributed by atoms with Crippen molar-refractivity contribution in [1.29, 1.82) is 0 Å². The molecule has 67 heavy (non-hydrogen) atoms. The van der Waals surface area contributed by atoms with Gasteiger partial charge in [-0.3, -0.25) is 0 Å². The molecule has 5 heterocycles. The second-order valence-corrected chi connectivity index (χ2v) is 21.4. The van der Waals surface area contributed by atoms with Crippen LogP contribution in [-0.4, -0.2) is 13.4 Å². The van der Waals surface area contributed by atoms with E-state index in [1.54, 1.807) is 0 Å². The van der Waals surface area contributed by atoms with Crippen molar-refractivity contribution in [3.05, 3.63) is 187 Å². The Labute approximate surface area is 387 Å². The minimum atomic E-state index is -0.0784. The molecule has 0 fully saturated rings. The van der Waals surface area contributed by atoms with Gasteiger partial charge in [0, 0.05) is 70.5 Å². The van der Waals surface area contributed by atoms with Crippen LogP contribution in [0.1, 0.15) is 52.7 Å². The summed E-state index contributed by atoms with van der Waals surface area (Å²) in [6.07, 6.45) is 0. The quantitative estimate of drug-likeness (QED) is 0.164. The first kappa shape index (κ1) is 37.4. The molecule has 0 saturated carbocycles. The van der Waals surface area contributed by atoms with Gasteiger partial charge in [-0.05, 0) is 116 Å². The largest absolute Gasteiger partial charge is 0.309 e. The molecule has 0 aliphatic carbocycles. The van der Waals surface area contributed by atoms with Crippen LogP contribution in [0.4, 0.5) is 0 Å². The molecular formula is C64H47N3. The third kappa shape index (κ3) is 4.81. The summed E-state index contributed by atoms with van der Waals surface area (Å²) in [5, 5.41) is 18.2. The Balaban J connectivity index is 1.14. The van der Waals surface area contributed by atoms with Gasteiger partial charge in [0.15, 0.2) is 0 Å². The van der Waals surface area contributed by atoms with E-state index in [1.807, 2.05) is 0 Å². The van der Waals surface area contributed by atoms with E-state index in [0.29, 0.717) is 0 Å². The van der Waals surface area contributed by atoms with E-state index < -0.39 is 0 Å². The van der Waals surface area contributed by atoms with Crippen LogP contribution in [0.3, 0.4) is 0 Å². The van der Waals surface area contributed by atoms with Crippen LogP contribution in [-0.2, 0) is 10.8 Å². The predicted octanol–water partition coefficient (Wildman–Crippen LogP) is 17.7. The van der Waals surface area contributed by atoms with E-state index >= 15 is 0 Å². The van der Waals surface area contributed by atoms with Gasteiger partial charge in [-0.25, -0.2) is 0 Å². The van der Waals surface area contributed by atoms with E-state index in [2.05, 4.69) is 231 Å². The summed E-state index contributed by atoms with van der Waals surface area (Å²) in [6, 6.07) is 67.1. The molecule has 0 radical (unpaired) electrons. The summed E-state index contributed by atoms with van der Waals surface area (Å²) in [7, 11) is 0. The fourth-order valence-electron chi connectivity index (χ4n) is 12.3. The van der Waals surface area contributed by atoms with Crippen molar-refractivity contribution < 1.29 is 0 Å². The molecule has 3 heteroatoms. The number of para-hydroxylation sites is 2. The highest BCUT2D eigenvalue weighted by Gasteiger charge is 2.29. The summed E-state index contributed by atoms with van der Waals surface area (Å²) < 4.78 is 7.69. The number of hydrogen-bond donors (Lipinski definition) is 0. The third-order valence-corrected chi connectivity index (χ3v) is 15.5. The molecule has 0 aliphatic rings. The molecule has 3 nitrogen and oxygen atoms in total. The predicted molar refractivity (Wildman–Crippen MR) is 288 cm³/mol. The summed E-state index contributed by atoms with van der Waals surface area (Å²) in [5.41, 5.74) is 16.4. The minimum Gasteiger partial charge on any atom is -0.309 e. The zero-order chi connectivity index (χ0) is 44.8. The van der Waals surface area contributed by atoms with Crippen molar-refractivity contribution in [3.63, 3.8) is 0 Å². The number of aromatic nitrogens is 3. The molecule has 0 N–H and O–H groups in total. The highest BCUT2D eigenvalue weighted by molar-refractivity contribution is 6.35. The molecule has 10 aromatic carbocycles. The van der Waals surface area contributed by atoms with Crippen LogP contribution in [0.5, 0.6) is 0 Å². The lowest BCUT2D eigenvalue weighted by atomic mass is 9.83. The van der Waals surface area contributed by atoms with E-state index in [1.165, 1.54) is 147 Å². The molecule has 0 amide bonds. The molecule has 0 spiro atoms. The minimum absolute atomic E-state index is 0.0251. The van der Waals surface area contributed by atoms with E-state index in [4.69, 9.17) is 0 Å². The maximum atomic E-state index is 2.66. The van der Waals surface area contributed by atoms with Gasteiger partial charge in [0.2, 0.25) is 0 Å². The van der Waals surface area contributed by atoms with Crippen molar-refractivity contribution in [2.75, 3.05) is 0 Å². The van der Waals surface area contributed by atoms with Crippen LogP contribution in [0, 0.1) is 0 Å². The summed E-state index contributed by atoms with van der Waals surface area (Å²) >= 11 is 0. The van der Waals surface area contributed by atoms with Crippen LogP contribution < -0.4 is 0 Å². The third-order valence-electron chi connectivity index (χ3n) is 15.5. The first-order valence-electron chi connectivity index (χ1n) is 23.8. The number of fused-ring (bicyclic) bond motifs is 19. The standard InChI is InChI=1S/C64H47N3/c1-63(2,3)39-30-46(38-25-27-55-47(28-38)44-22-14-15-23-54(44)65(55)41-18-8-7-9-19-41)60-53(33-39)58-42-20-12-11-17-37(42)29-50-48-34-56-49(35-57(48)67(60)62(50)58)52-32-40(64(4,5)6)31-51-45-26-24-36-16-10-13-21-43(36)59(45)66(56)61(51)52/h7-35H,1-6H3. The monoisotopic (exact) mass is 857 g/mol. The Hall–Kier alpha value is -7.88. The first-order valence-corrected chi connectivity index (χ1v) is 23.8. The highest BCUT2D eigenvalue weighted by atomic mass is 15.0. The molecule has 0 bridgehead atoms. The lowest BCUT2D eigenvalue weighted by Gasteiger charge is -2.21. The Kier molecular flexibility index (Phi) is 6.97. The maximum Gasteiger partial charge on any atom is 0.0627 e. The van der Waals surface area contributed by atoms with Gasteiger partial charge in [0.05, 0.1) is 44.1 Å². The maximum absolute atomic E-state index is 2.66. The number of benzene rings is 10. The number of rotatable bonds is 2. The Morgan fingerprint density at radius 2 is 0.866 bits per heavy atom. The van der Waals surface area contributed by atoms with E-state index in [9.17, 15) is 0 Å². The zero-order valence-electron chi connectivity index (χ0n) is 38.6. The van der Waals surface area contributed by atoms with Gasteiger partial charge in [0.25, 0.3) is 0 Å².